The van der Waals surface area contributed by atoms with E-state index in [1.165, 1.54) is 128 Å². The lowest BCUT2D eigenvalue weighted by molar-refractivity contribution is 0.661. The molecule has 0 spiro atoms. The van der Waals surface area contributed by atoms with E-state index in [1.54, 1.807) is 0 Å². The van der Waals surface area contributed by atoms with Crippen LogP contribution >= 0.6 is 0 Å². The minimum absolute atomic E-state index is 0.165. The monoisotopic (exact) mass is 1900 g/mol. The molecule has 0 saturated carbocycles. The number of para-hydroxylation sites is 6. The molecule has 6 aromatic heterocycles. The van der Waals surface area contributed by atoms with Gasteiger partial charge in [-0.25, -0.2) is 29.9 Å². The van der Waals surface area contributed by atoms with E-state index in [0.717, 1.165) is 129 Å². The van der Waals surface area contributed by atoms with Crippen LogP contribution in [0.4, 0.5) is 0 Å². The summed E-state index contributed by atoms with van der Waals surface area (Å²) in [6.45, 7) is 4.67. The minimum Gasteiger partial charge on any atom is -0.265 e. The molecule has 0 saturated heterocycles. The van der Waals surface area contributed by atoms with Gasteiger partial charge in [-0.3, -0.25) is 15.0 Å². The van der Waals surface area contributed by atoms with Crippen LogP contribution in [0.2, 0.25) is 0 Å². The maximum absolute atomic E-state index is 5.31. The van der Waals surface area contributed by atoms with Crippen molar-refractivity contribution in [2.24, 2.45) is 0 Å². The third kappa shape index (κ3) is 16.1. The molecule has 0 unspecified atom stereocenters. The van der Waals surface area contributed by atoms with Gasteiger partial charge in [-0.05, 0) is 248 Å². The molecule has 0 N–H and O–H groups in total. The normalized spacial score (nSPS) is 12.8. The van der Waals surface area contributed by atoms with Crippen molar-refractivity contribution in [1.29, 1.82) is 0 Å². The molecule has 25 aromatic rings. The van der Waals surface area contributed by atoms with E-state index in [2.05, 4.69) is 423 Å². The van der Waals surface area contributed by atoms with Crippen molar-refractivity contribution in [2.75, 3.05) is 0 Å². The highest BCUT2D eigenvalue weighted by Crippen LogP contribution is 2.61. The van der Waals surface area contributed by atoms with Gasteiger partial charge in [0.2, 0.25) is 0 Å². The van der Waals surface area contributed by atoms with Crippen LogP contribution in [0.5, 0.6) is 0 Å². The average Bonchev–Trinajstić information content (AvgIpc) is 1.55. The highest BCUT2D eigenvalue weighted by molar-refractivity contribution is 5.98. The quantitative estimate of drug-likeness (QED) is 0.0932. The van der Waals surface area contributed by atoms with E-state index < -0.39 is 10.8 Å². The molecular formula is C140H95N9. The van der Waals surface area contributed by atoms with Crippen LogP contribution in [0.1, 0.15) is 69.5 Å². The van der Waals surface area contributed by atoms with Gasteiger partial charge in [0, 0.05) is 75.3 Å². The third-order valence-electron chi connectivity index (χ3n) is 30.1. The Morgan fingerprint density at radius 3 is 0.698 bits per heavy atom. The molecule has 28 rings (SSSR count). The molecule has 0 bridgehead atoms. The fourth-order valence-corrected chi connectivity index (χ4v) is 22.8. The number of benzene rings is 19. The maximum atomic E-state index is 5.31. The van der Waals surface area contributed by atoms with E-state index in [0.29, 0.717) is 0 Å². The van der Waals surface area contributed by atoms with Gasteiger partial charge in [-0.15, -0.1) is 0 Å². The Morgan fingerprint density at radius 1 is 0.154 bits per heavy atom. The Morgan fingerprint density at radius 2 is 0.389 bits per heavy atom. The largest absolute Gasteiger partial charge is 0.265 e. The highest BCUT2D eigenvalue weighted by Gasteiger charge is 2.49. The molecule has 0 atom stereocenters. The zero-order valence-electron chi connectivity index (χ0n) is 81.9. The first-order valence-electron chi connectivity index (χ1n) is 50.7. The summed E-state index contributed by atoms with van der Waals surface area (Å²) in [6.07, 6.45) is 9.25. The molecule has 700 valence electrons. The number of fused-ring (bicyclic) bond motifs is 12. The van der Waals surface area contributed by atoms with Gasteiger partial charge in [0.25, 0.3) is 0 Å². The number of hydrogen-bond donors (Lipinski definition) is 0. The van der Waals surface area contributed by atoms with Crippen LogP contribution in [-0.2, 0) is 16.2 Å². The summed E-state index contributed by atoms with van der Waals surface area (Å²) in [5, 5.41) is 0. The lowest BCUT2D eigenvalue weighted by Gasteiger charge is -2.34. The molecule has 6 heterocycles. The number of rotatable bonds is 16. The minimum atomic E-state index is -0.577. The van der Waals surface area contributed by atoms with Crippen molar-refractivity contribution >= 4 is 33.1 Å². The first kappa shape index (κ1) is 89.7. The van der Waals surface area contributed by atoms with Crippen molar-refractivity contribution in [1.82, 2.24) is 44.9 Å². The summed E-state index contributed by atoms with van der Waals surface area (Å²) in [5.74, 6) is 0. The van der Waals surface area contributed by atoms with Gasteiger partial charge in [-0.1, -0.05) is 420 Å². The van der Waals surface area contributed by atoms with Gasteiger partial charge < -0.3 is 0 Å². The zero-order valence-corrected chi connectivity index (χ0v) is 81.9. The molecule has 0 amide bonds. The van der Waals surface area contributed by atoms with Gasteiger partial charge in [0.15, 0.2) is 0 Å². The maximum Gasteiger partial charge on any atom is 0.0973 e. The van der Waals surface area contributed by atoms with Crippen molar-refractivity contribution in [2.45, 2.75) is 30.1 Å². The Bertz CT molecular complexity index is 8870. The molecule has 3 aliphatic carbocycles. The van der Waals surface area contributed by atoms with Crippen LogP contribution in [0.3, 0.4) is 0 Å². The van der Waals surface area contributed by atoms with Crippen molar-refractivity contribution in [3.63, 3.8) is 0 Å². The number of nitrogens with zero attached hydrogens (tertiary/aromatic N) is 9. The van der Waals surface area contributed by atoms with Crippen LogP contribution in [0.15, 0.2) is 541 Å². The van der Waals surface area contributed by atoms with Crippen molar-refractivity contribution in [3.8, 4) is 168 Å². The van der Waals surface area contributed by atoms with Crippen LogP contribution in [0.25, 0.3) is 201 Å². The average molecular weight is 1900 g/mol. The second-order valence-corrected chi connectivity index (χ2v) is 38.9. The summed E-state index contributed by atoms with van der Waals surface area (Å²) in [4.78, 5) is 44.3. The Labute approximate surface area is 865 Å². The second-order valence-electron chi connectivity index (χ2n) is 38.9. The molecule has 0 aliphatic heterocycles. The Kier molecular flexibility index (Phi) is 22.9. The van der Waals surface area contributed by atoms with E-state index >= 15 is 0 Å². The topological polar surface area (TPSA) is 116 Å². The lowest BCUT2D eigenvalue weighted by atomic mass is 9.67. The lowest BCUT2D eigenvalue weighted by Crippen LogP contribution is -2.28. The zero-order chi connectivity index (χ0) is 99.4. The molecule has 0 fully saturated rings. The fraction of sp³-hybridized carbons (Fsp3) is 0.0357. The van der Waals surface area contributed by atoms with Gasteiger partial charge in [0.1, 0.15) is 0 Å². The predicted octanol–water partition coefficient (Wildman–Crippen LogP) is 34.1. The summed E-state index contributed by atoms with van der Waals surface area (Å²) >= 11 is 0. The second kappa shape index (κ2) is 38.1. The van der Waals surface area contributed by atoms with Crippen molar-refractivity contribution < 1.29 is 0 Å². The summed E-state index contributed by atoms with van der Waals surface area (Å²) in [6, 6.07) is 182. The third-order valence-corrected chi connectivity index (χ3v) is 30.1. The van der Waals surface area contributed by atoms with Gasteiger partial charge >= 0.3 is 0 Å². The Hall–Kier alpha value is -19.4. The fourth-order valence-electron chi connectivity index (χ4n) is 22.8. The summed E-state index contributed by atoms with van der Waals surface area (Å²) in [5.41, 5.74) is 49.6. The molecule has 9 nitrogen and oxygen atoms in total. The summed E-state index contributed by atoms with van der Waals surface area (Å²) in [7, 11) is 0. The SMILES string of the molecule is CC1(C)c2cc(-c3ccc(-c4ccccn4)cc3)ccc2-c2ccc(-c3nc4ccccc4nc3-c3ccccc3)cc21.c1ccc(-c2nc3ccccc3nc2-c2ccc3c(c2)C(c2ccccc2)(c2ccccc2)c2cc(-c4ccc(-c5cccnc5)cc4)ccc2-3)cc1.c1ccc(-c2nc3ccccc3nc2-c2ccc3c(c2)C(c2ccccc2)(c2ccccc2)c2cc(-c4ccc(-c5ccncc5)cc4)ccc2-3)cc1. The Balaban J connectivity index is 0.000000114. The standard InChI is InChI=1S/2C50H33N3.C40H29N3/c1-4-13-36(14-5-1)48-49(53-47-21-11-10-20-46(47)52-48)38-27-29-43-42-28-26-37(34-22-24-35(25-23-34)39-15-12-30-51-33-39)31-44(42)50(45(43)32-38,40-16-6-2-7-17-40)41-18-8-3-9-19-41;1-4-12-37(13-5-1)48-49(53-47-19-11-10-18-46(47)52-48)39-25-27-43-42-26-24-38(35-22-20-34(21-23-35)36-28-30-51-31-29-36)32-44(42)50(45(43)33-39,40-14-6-2-7-15-40)41-16-8-3-9-17-41;1-40(2)33-24-29(26-15-17-27(18-16-26)35-12-8-9-23-41-35)19-21-31(33)32-22-20-30(25-34(32)40)39-38(28-10-4-3-5-11-28)42-36-13-6-7-14-37(36)43-39/h2*1-33H;3-25H,1-2H3. The van der Waals surface area contributed by atoms with Crippen LogP contribution in [0, 0.1) is 0 Å². The first-order valence-corrected chi connectivity index (χ1v) is 50.7. The van der Waals surface area contributed by atoms with Gasteiger partial charge in [-0.2, -0.15) is 0 Å². The number of pyridine rings is 3. The first-order chi connectivity index (χ1) is 73.6. The van der Waals surface area contributed by atoms with E-state index in [1.807, 2.05) is 146 Å². The van der Waals surface area contributed by atoms with Gasteiger partial charge in [0.05, 0.1) is 83.8 Å². The number of hydrogen-bond acceptors (Lipinski definition) is 9. The molecule has 19 aromatic carbocycles. The van der Waals surface area contributed by atoms with E-state index in [-0.39, 0.29) is 5.41 Å². The number of aromatic nitrogens is 9. The molecule has 149 heavy (non-hydrogen) atoms. The van der Waals surface area contributed by atoms with E-state index in [4.69, 9.17) is 29.9 Å². The predicted molar refractivity (Wildman–Crippen MR) is 609 cm³/mol. The van der Waals surface area contributed by atoms with Crippen LogP contribution in [-0.4, -0.2) is 44.9 Å². The van der Waals surface area contributed by atoms with Crippen molar-refractivity contribution in [3.05, 3.63) is 596 Å². The molecule has 3 aliphatic rings. The smallest absolute Gasteiger partial charge is 0.0973 e. The highest BCUT2D eigenvalue weighted by atomic mass is 14.9. The summed E-state index contributed by atoms with van der Waals surface area (Å²) < 4.78 is 0. The van der Waals surface area contributed by atoms with E-state index in [9.17, 15) is 0 Å². The molecule has 9 heteroatoms. The molecule has 0 radical (unpaired) electrons. The van der Waals surface area contributed by atoms with Crippen LogP contribution < -0.4 is 0 Å². The molecular weight excluding hydrogens is 1810 g/mol.